The van der Waals surface area contributed by atoms with Crippen molar-refractivity contribution < 1.29 is 19.1 Å². The summed E-state index contributed by atoms with van der Waals surface area (Å²) in [7, 11) is 1.60. The molecule has 3 aromatic rings. The zero-order chi connectivity index (χ0) is 24.7. The van der Waals surface area contributed by atoms with Crippen LogP contribution in [0.15, 0.2) is 66.2 Å². The topological polar surface area (TPSA) is 84.6 Å². The molecule has 3 rings (SSSR count). The first-order chi connectivity index (χ1) is 16.3. The van der Waals surface area contributed by atoms with Gasteiger partial charge in [0.05, 0.1) is 6.61 Å². The molecule has 174 valence electrons. The van der Waals surface area contributed by atoms with Gasteiger partial charge in [0.25, 0.3) is 5.91 Å². The molecule has 0 atom stereocenters. The van der Waals surface area contributed by atoms with Crippen LogP contribution >= 0.6 is 0 Å². The average molecular weight is 458 g/mol. The molecule has 2 aromatic carbocycles. The van der Waals surface area contributed by atoms with E-state index in [1.54, 1.807) is 19.2 Å². The van der Waals surface area contributed by atoms with E-state index in [0.717, 1.165) is 22.8 Å². The quantitative estimate of drug-likeness (QED) is 0.280. The van der Waals surface area contributed by atoms with E-state index in [2.05, 4.69) is 0 Å². The van der Waals surface area contributed by atoms with Crippen molar-refractivity contribution in [2.24, 2.45) is 0 Å². The van der Waals surface area contributed by atoms with Crippen molar-refractivity contribution in [1.82, 2.24) is 4.57 Å². The molecule has 0 aliphatic heterocycles. The van der Waals surface area contributed by atoms with Crippen molar-refractivity contribution in [3.05, 3.63) is 83.2 Å². The van der Waals surface area contributed by atoms with E-state index in [1.807, 2.05) is 79.9 Å². The number of carbonyl (C=O) groups excluding carboxylic acids is 2. The minimum atomic E-state index is -0.844. The third-order valence-corrected chi connectivity index (χ3v) is 5.36. The molecule has 0 spiro atoms. The van der Waals surface area contributed by atoms with Crippen LogP contribution in [0, 0.1) is 25.2 Å². The fourth-order valence-corrected chi connectivity index (χ4v) is 3.58. The summed E-state index contributed by atoms with van der Waals surface area (Å²) in [6.45, 7) is 5.92. The zero-order valence-electron chi connectivity index (χ0n) is 19.7. The number of esters is 1. The molecule has 1 heterocycles. The smallest absolute Gasteiger partial charge is 0.349 e. The first-order valence-electron chi connectivity index (χ1n) is 10.9. The van der Waals surface area contributed by atoms with E-state index >= 15 is 0 Å². The van der Waals surface area contributed by atoms with Crippen molar-refractivity contribution in [3.8, 4) is 17.5 Å². The highest BCUT2D eigenvalue weighted by Gasteiger charge is 2.18. The van der Waals surface area contributed by atoms with Crippen LogP contribution < -0.4 is 9.64 Å². The number of hydrogen-bond donors (Lipinski definition) is 0. The van der Waals surface area contributed by atoms with Crippen molar-refractivity contribution >= 4 is 23.6 Å². The van der Waals surface area contributed by atoms with Crippen molar-refractivity contribution in [3.63, 3.8) is 0 Å². The van der Waals surface area contributed by atoms with Gasteiger partial charge in [0.1, 0.15) is 17.4 Å². The number of likely N-dealkylation sites (N-methyl/N-ethyl adjacent to an activating group) is 1. The second-order valence-corrected chi connectivity index (χ2v) is 7.62. The van der Waals surface area contributed by atoms with Crippen LogP contribution in [-0.2, 0) is 14.3 Å². The minimum Gasteiger partial charge on any atom is -0.494 e. The van der Waals surface area contributed by atoms with Crippen molar-refractivity contribution in [2.75, 3.05) is 25.2 Å². The van der Waals surface area contributed by atoms with E-state index in [4.69, 9.17) is 9.47 Å². The predicted octanol–water partition coefficient (Wildman–Crippen LogP) is 4.61. The standard InChI is InChI=1S/C27H27N3O4/c1-5-33-25-13-11-24(12-14-25)30-19(2)15-21(20(30)3)16-22(17-28)27(32)34-18-26(31)29(4)23-9-7-6-8-10-23/h6-16H,5,18H2,1-4H3/b22-16+. The number of aromatic nitrogens is 1. The number of nitriles is 1. The van der Waals surface area contributed by atoms with Gasteiger partial charge in [-0.2, -0.15) is 5.26 Å². The molecular formula is C27H27N3O4. The van der Waals surface area contributed by atoms with Gasteiger partial charge in [-0.3, -0.25) is 4.79 Å². The molecule has 1 amide bonds. The summed E-state index contributed by atoms with van der Waals surface area (Å²) in [5.41, 5.74) is 3.96. The lowest BCUT2D eigenvalue weighted by Gasteiger charge is -2.16. The zero-order valence-corrected chi connectivity index (χ0v) is 19.7. The van der Waals surface area contributed by atoms with Gasteiger partial charge in [-0.25, -0.2) is 4.79 Å². The first kappa shape index (κ1) is 24.3. The summed E-state index contributed by atoms with van der Waals surface area (Å²) in [5, 5.41) is 9.54. The second kappa shape index (κ2) is 11.0. The summed E-state index contributed by atoms with van der Waals surface area (Å²) >= 11 is 0. The highest BCUT2D eigenvalue weighted by atomic mass is 16.5. The Labute approximate surface area is 199 Å². The number of ether oxygens (including phenoxy) is 2. The van der Waals surface area contributed by atoms with E-state index in [9.17, 15) is 14.9 Å². The monoisotopic (exact) mass is 457 g/mol. The SMILES string of the molecule is CCOc1ccc(-n2c(C)cc(/C=C(\C#N)C(=O)OCC(=O)N(C)c3ccccc3)c2C)cc1. The predicted molar refractivity (Wildman–Crippen MR) is 131 cm³/mol. The molecule has 7 nitrogen and oxygen atoms in total. The molecule has 0 aliphatic carbocycles. The molecule has 0 saturated heterocycles. The van der Waals surface area contributed by atoms with E-state index < -0.39 is 18.5 Å². The fraction of sp³-hybridized carbons (Fsp3) is 0.222. The second-order valence-electron chi connectivity index (χ2n) is 7.62. The molecule has 0 aliphatic rings. The van der Waals surface area contributed by atoms with Gasteiger partial charge < -0.3 is 18.9 Å². The molecule has 0 radical (unpaired) electrons. The fourth-order valence-electron chi connectivity index (χ4n) is 3.58. The molecule has 1 aromatic heterocycles. The summed E-state index contributed by atoms with van der Waals surface area (Å²) in [6.07, 6.45) is 1.49. The summed E-state index contributed by atoms with van der Waals surface area (Å²) in [6, 6.07) is 20.5. The Morgan fingerprint density at radius 2 is 1.76 bits per heavy atom. The van der Waals surface area contributed by atoms with E-state index in [1.165, 1.54) is 11.0 Å². The van der Waals surface area contributed by atoms with Gasteiger partial charge in [0.15, 0.2) is 6.61 Å². The Morgan fingerprint density at radius 3 is 2.38 bits per heavy atom. The van der Waals surface area contributed by atoms with Crippen LogP contribution in [0.25, 0.3) is 11.8 Å². The molecule has 0 N–H and O–H groups in total. The molecule has 34 heavy (non-hydrogen) atoms. The van der Waals surface area contributed by atoms with Crippen LogP contribution in [0.2, 0.25) is 0 Å². The minimum absolute atomic E-state index is 0.179. The molecule has 0 bridgehead atoms. The lowest BCUT2D eigenvalue weighted by molar-refractivity contribution is -0.143. The van der Waals surface area contributed by atoms with E-state index in [-0.39, 0.29) is 5.57 Å². The molecule has 7 heteroatoms. The third-order valence-electron chi connectivity index (χ3n) is 5.36. The van der Waals surface area contributed by atoms with Gasteiger partial charge in [-0.05, 0) is 74.9 Å². The molecule has 0 fully saturated rings. The highest BCUT2D eigenvalue weighted by molar-refractivity contribution is 6.00. The van der Waals surface area contributed by atoms with Crippen LogP contribution in [0.1, 0.15) is 23.9 Å². The molecular weight excluding hydrogens is 430 g/mol. The van der Waals surface area contributed by atoms with Crippen LogP contribution in [0.4, 0.5) is 5.69 Å². The van der Waals surface area contributed by atoms with Crippen LogP contribution in [0.5, 0.6) is 5.75 Å². The third kappa shape index (κ3) is 5.54. The van der Waals surface area contributed by atoms with Crippen LogP contribution in [-0.4, -0.2) is 36.7 Å². The average Bonchev–Trinajstić information content (AvgIpc) is 3.14. The summed E-state index contributed by atoms with van der Waals surface area (Å²) in [4.78, 5) is 26.3. The lowest BCUT2D eigenvalue weighted by Crippen LogP contribution is -2.31. The van der Waals surface area contributed by atoms with Crippen LogP contribution in [0.3, 0.4) is 0 Å². The maximum atomic E-state index is 12.5. The number of rotatable bonds is 8. The lowest BCUT2D eigenvalue weighted by atomic mass is 10.1. The Hall–Kier alpha value is -4.31. The van der Waals surface area contributed by atoms with Crippen molar-refractivity contribution in [1.29, 1.82) is 5.26 Å². The molecule has 0 unspecified atom stereocenters. The highest BCUT2D eigenvalue weighted by Crippen LogP contribution is 2.24. The Bertz CT molecular complexity index is 1240. The largest absolute Gasteiger partial charge is 0.494 e. The number of para-hydroxylation sites is 1. The Kier molecular flexibility index (Phi) is 7.88. The number of nitrogens with zero attached hydrogens (tertiary/aromatic N) is 3. The number of aryl methyl sites for hydroxylation is 1. The number of anilines is 1. The van der Waals surface area contributed by atoms with E-state index in [0.29, 0.717) is 17.9 Å². The van der Waals surface area contributed by atoms with Gasteiger partial charge in [0.2, 0.25) is 0 Å². The maximum absolute atomic E-state index is 12.5. The van der Waals surface area contributed by atoms with Gasteiger partial charge in [0, 0.05) is 29.8 Å². The summed E-state index contributed by atoms with van der Waals surface area (Å²) < 4.78 is 12.7. The van der Waals surface area contributed by atoms with Gasteiger partial charge in [-0.15, -0.1) is 0 Å². The van der Waals surface area contributed by atoms with Crippen molar-refractivity contribution in [2.45, 2.75) is 20.8 Å². The number of hydrogen-bond acceptors (Lipinski definition) is 5. The number of carbonyl (C=O) groups is 2. The normalized spacial score (nSPS) is 11.0. The Morgan fingerprint density at radius 1 is 1.09 bits per heavy atom. The Balaban J connectivity index is 1.74. The maximum Gasteiger partial charge on any atom is 0.349 e. The van der Waals surface area contributed by atoms with Gasteiger partial charge in [-0.1, -0.05) is 18.2 Å². The number of amides is 1. The molecule has 0 saturated carbocycles. The number of benzene rings is 2. The summed E-state index contributed by atoms with van der Waals surface area (Å²) in [5.74, 6) is -0.454. The van der Waals surface area contributed by atoms with Gasteiger partial charge >= 0.3 is 5.97 Å². The first-order valence-corrected chi connectivity index (χ1v) is 10.9.